The molecule has 3 heterocycles. The summed E-state index contributed by atoms with van der Waals surface area (Å²) < 4.78 is 10.4. The first-order valence-corrected chi connectivity index (χ1v) is 9.17. The number of phenols is 1. The summed E-state index contributed by atoms with van der Waals surface area (Å²) in [6.07, 6.45) is 0. The van der Waals surface area contributed by atoms with E-state index in [2.05, 4.69) is 10.3 Å². The number of ether oxygens (including phenoxy) is 2. The van der Waals surface area contributed by atoms with Crippen LogP contribution in [0.3, 0.4) is 0 Å². The molecule has 1 fully saturated rings. The van der Waals surface area contributed by atoms with Gasteiger partial charge in [-0.2, -0.15) is 5.26 Å². The number of phenolic OH excluding ortho intramolecular Hbond substituents is 1. The van der Waals surface area contributed by atoms with E-state index in [0.29, 0.717) is 24.5 Å². The lowest BCUT2D eigenvalue weighted by molar-refractivity contribution is -0.430. The predicted molar refractivity (Wildman–Crippen MR) is 110 cm³/mol. The van der Waals surface area contributed by atoms with Crippen LogP contribution in [0.4, 0.5) is 17.3 Å². The van der Waals surface area contributed by atoms with Gasteiger partial charge < -0.3 is 36.3 Å². The Morgan fingerprint density at radius 2 is 2.00 bits per heavy atom. The van der Waals surface area contributed by atoms with E-state index in [-0.39, 0.29) is 51.4 Å². The number of rotatable bonds is 4. The lowest BCUT2D eigenvalue weighted by Gasteiger charge is -2.32. The number of nitro groups is 1. The zero-order valence-corrected chi connectivity index (χ0v) is 16.7. The smallest absolute Gasteiger partial charge is 0.298 e. The van der Waals surface area contributed by atoms with Gasteiger partial charge in [0.05, 0.1) is 24.8 Å². The van der Waals surface area contributed by atoms with Crippen molar-refractivity contribution in [2.45, 2.75) is 5.92 Å². The Labute approximate surface area is 176 Å². The Morgan fingerprint density at radius 1 is 1.35 bits per heavy atom. The quantitative estimate of drug-likeness (QED) is 0.401. The zero-order chi connectivity index (χ0) is 22.4. The van der Waals surface area contributed by atoms with Crippen LogP contribution in [0, 0.1) is 21.4 Å². The van der Waals surface area contributed by atoms with E-state index in [0.717, 1.165) is 0 Å². The van der Waals surface area contributed by atoms with Gasteiger partial charge in [-0.25, -0.2) is 4.98 Å². The third kappa shape index (κ3) is 2.78. The first-order valence-electron chi connectivity index (χ1n) is 9.17. The van der Waals surface area contributed by atoms with Gasteiger partial charge in [0.1, 0.15) is 29.2 Å². The maximum atomic E-state index is 12.2. The number of fused-ring (bicyclic) bond motifs is 3. The normalized spacial score (nSPS) is 16.8. The number of nitrogen functional groups attached to an aromatic ring is 2. The summed E-state index contributed by atoms with van der Waals surface area (Å²) in [6.45, 7) is 0.856. The summed E-state index contributed by atoms with van der Waals surface area (Å²) in [5, 5.41) is 35.1. The van der Waals surface area contributed by atoms with Crippen molar-refractivity contribution < 1.29 is 19.5 Å². The van der Waals surface area contributed by atoms with Crippen molar-refractivity contribution in [2.75, 3.05) is 43.7 Å². The number of nitrogens with zero attached hydrogens (tertiary/aromatic N) is 4. The second-order valence-electron chi connectivity index (χ2n) is 6.91. The molecule has 2 aromatic rings. The van der Waals surface area contributed by atoms with Crippen molar-refractivity contribution in [3.8, 4) is 23.3 Å². The number of aromatic hydroxyl groups is 1. The second kappa shape index (κ2) is 7.13. The molecule has 0 spiro atoms. The third-order valence-electron chi connectivity index (χ3n) is 5.39. The Kier molecular flexibility index (Phi) is 4.58. The molecular weight excluding hydrogens is 406 g/mol. The molecule has 4 rings (SSSR count). The van der Waals surface area contributed by atoms with Gasteiger partial charge in [-0.15, -0.1) is 0 Å². The van der Waals surface area contributed by atoms with Crippen LogP contribution in [0.1, 0.15) is 22.6 Å². The first-order chi connectivity index (χ1) is 14.8. The topological polar surface area (TPSA) is 186 Å². The van der Waals surface area contributed by atoms with Crippen LogP contribution >= 0.6 is 0 Å². The van der Waals surface area contributed by atoms with Gasteiger partial charge in [-0.05, 0) is 17.7 Å². The van der Waals surface area contributed by atoms with Crippen molar-refractivity contribution in [1.82, 2.24) is 10.3 Å². The van der Waals surface area contributed by atoms with Crippen LogP contribution < -0.4 is 31.2 Å². The summed E-state index contributed by atoms with van der Waals surface area (Å²) in [6, 6.07) is 4.84. The monoisotopic (exact) mass is 425 g/mol. The molecule has 0 bridgehead atoms. The van der Waals surface area contributed by atoms with Crippen LogP contribution in [0.5, 0.6) is 17.2 Å². The molecule has 2 aliphatic heterocycles. The lowest BCUT2D eigenvalue weighted by Crippen LogP contribution is -2.34. The van der Waals surface area contributed by atoms with Gasteiger partial charge in [0.2, 0.25) is 5.75 Å². The lowest BCUT2D eigenvalue weighted by atomic mass is 9.84. The molecule has 12 nitrogen and oxygen atoms in total. The number of allylic oxidation sites excluding steroid dienone is 1. The predicted octanol–water partition coefficient (Wildman–Crippen LogP) is 0.841. The van der Waals surface area contributed by atoms with E-state index in [4.69, 9.17) is 20.9 Å². The molecule has 0 saturated carbocycles. The summed E-state index contributed by atoms with van der Waals surface area (Å²) in [7, 11) is 2.70. The highest BCUT2D eigenvalue weighted by atomic mass is 16.6. The third-order valence-corrected chi connectivity index (χ3v) is 5.39. The minimum Gasteiger partial charge on any atom is -0.502 e. The van der Waals surface area contributed by atoms with Gasteiger partial charge >= 0.3 is 0 Å². The number of aromatic nitrogens is 1. The molecule has 6 N–H and O–H groups in total. The number of nitriles is 1. The van der Waals surface area contributed by atoms with E-state index in [1.807, 2.05) is 6.07 Å². The van der Waals surface area contributed by atoms with Crippen molar-refractivity contribution >= 4 is 17.3 Å². The average Bonchev–Trinajstić information content (AvgIpc) is 3.23. The van der Waals surface area contributed by atoms with Crippen LogP contribution in [-0.2, 0) is 0 Å². The Hall–Kier alpha value is -4.40. The fraction of sp³-hybridized carbons (Fsp3) is 0.263. The van der Waals surface area contributed by atoms with Gasteiger partial charge in [0.15, 0.2) is 17.3 Å². The van der Waals surface area contributed by atoms with Crippen molar-refractivity contribution in [3.05, 3.63) is 50.5 Å². The summed E-state index contributed by atoms with van der Waals surface area (Å²) >= 11 is 0. The highest BCUT2D eigenvalue weighted by molar-refractivity contribution is 5.80. The second-order valence-corrected chi connectivity index (χ2v) is 6.91. The van der Waals surface area contributed by atoms with Crippen LogP contribution in [-0.4, -0.2) is 42.3 Å². The number of nitrogens with two attached hydrogens (primary N) is 2. The molecule has 0 amide bonds. The Bertz CT molecular complexity index is 1160. The SMILES string of the molecule is COc1cc(C2C([N+](=O)[O-])=C3NCCN3c3nc(N)c(C#N)c(N)c32)cc(OC)c1O. The highest BCUT2D eigenvalue weighted by Gasteiger charge is 2.46. The van der Waals surface area contributed by atoms with Crippen molar-refractivity contribution in [3.63, 3.8) is 0 Å². The molecular formula is C19H19N7O5. The Morgan fingerprint density at radius 3 is 2.55 bits per heavy atom. The zero-order valence-electron chi connectivity index (χ0n) is 16.7. The van der Waals surface area contributed by atoms with Gasteiger partial charge in [-0.1, -0.05) is 0 Å². The summed E-state index contributed by atoms with van der Waals surface area (Å²) in [5.41, 5.74) is 12.7. The van der Waals surface area contributed by atoms with Crippen molar-refractivity contribution in [1.29, 1.82) is 5.26 Å². The molecule has 1 aromatic heterocycles. The summed E-state index contributed by atoms with van der Waals surface area (Å²) in [4.78, 5) is 17.7. The number of nitrogens with one attached hydrogen (secondary N) is 1. The molecule has 2 aliphatic rings. The molecule has 1 atom stereocenters. The maximum Gasteiger partial charge on any atom is 0.298 e. The number of benzene rings is 1. The first kappa shape index (κ1) is 19.9. The minimum atomic E-state index is -1.04. The molecule has 0 aliphatic carbocycles. The Balaban J connectivity index is 2.11. The number of anilines is 3. The van der Waals surface area contributed by atoms with E-state index < -0.39 is 10.8 Å². The fourth-order valence-electron chi connectivity index (χ4n) is 4.04. The number of pyridine rings is 1. The number of hydrogen-bond acceptors (Lipinski definition) is 11. The molecule has 160 valence electrons. The summed E-state index contributed by atoms with van der Waals surface area (Å²) in [5.74, 6) is -0.623. The number of methoxy groups -OCH3 is 2. The van der Waals surface area contributed by atoms with Gasteiger partial charge in [-0.3, -0.25) is 10.1 Å². The molecule has 0 radical (unpaired) electrons. The van der Waals surface area contributed by atoms with Crippen LogP contribution in [0.2, 0.25) is 0 Å². The van der Waals surface area contributed by atoms with E-state index in [1.54, 1.807) is 4.90 Å². The molecule has 1 aromatic carbocycles. The van der Waals surface area contributed by atoms with Crippen LogP contribution in [0.25, 0.3) is 0 Å². The van der Waals surface area contributed by atoms with Gasteiger partial charge in [0.25, 0.3) is 5.70 Å². The maximum absolute atomic E-state index is 12.2. The highest BCUT2D eigenvalue weighted by Crippen LogP contribution is 2.50. The number of hydrogen-bond donors (Lipinski definition) is 4. The van der Waals surface area contributed by atoms with E-state index in [9.17, 15) is 20.5 Å². The molecule has 31 heavy (non-hydrogen) atoms. The fourth-order valence-corrected chi connectivity index (χ4v) is 4.04. The van der Waals surface area contributed by atoms with E-state index in [1.165, 1.54) is 26.4 Å². The molecule has 12 heteroatoms. The molecule has 1 unspecified atom stereocenters. The van der Waals surface area contributed by atoms with Crippen molar-refractivity contribution in [2.24, 2.45) is 0 Å². The standard InChI is InChI=1S/C19H19N7O5/c1-30-10-5-8(6-11(31-2)16(10)27)12-13-14(21)9(7-20)17(22)24-18(13)25-4-3-23-19(25)15(12)26(28)29/h5-6,12,23,27H,3-4H2,1-2H3,(H4,21,22,24). The largest absolute Gasteiger partial charge is 0.502 e. The van der Waals surface area contributed by atoms with Crippen LogP contribution in [0.15, 0.2) is 23.7 Å². The van der Waals surface area contributed by atoms with Gasteiger partial charge in [0, 0.05) is 18.7 Å². The average molecular weight is 425 g/mol. The minimum absolute atomic E-state index is 0.00584. The van der Waals surface area contributed by atoms with E-state index >= 15 is 0 Å². The molecule has 1 saturated heterocycles.